The number of sulfonamides is 1. The van der Waals surface area contributed by atoms with Crippen molar-refractivity contribution < 1.29 is 31.1 Å². The van der Waals surface area contributed by atoms with E-state index < -0.39 is 33.9 Å². The Kier molecular flexibility index (Phi) is 6.87. The lowest BCUT2D eigenvalue weighted by atomic mass is 10.1. The van der Waals surface area contributed by atoms with Gasteiger partial charge < -0.3 is 4.74 Å². The average Bonchev–Trinajstić information content (AvgIpc) is 3.19. The first-order valence-corrected chi connectivity index (χ1v) is 11.0. The zero-order chi connectivity index (χ0) is 23.5. The number of alkyl halides is 2. The van der Waals surface area contributed by atoms with E-state index in [1.165, 1.54) is 43.5 Å². The van der Waals surface area contributed by atoms with Crippen LogP contribution in [0, 0.1) is 5.82 Å². The minimum atomic E-state index is -4.08. The Bertz CT molecular complexity index is 1230. The molecule has 1 amide bonds. The standard InChI is InChI=1S/C21H20F3N3O4S/c1-3-4-20(28)26-32(29,30)15-8-6-14(7-9-15)27-18(12-17(25-27)21(23)24)13-5-10-19(31-2)16(22)11-13/h5-12,21H,3-4H2,1-2H3,(H,26,28). The van der Waals surface area contributed by atoms with Crippen LogP contribution in [0.25, 0.3) is 16.9 Å². The summed E-state index contributed by atoms with van der Waals surface area (Å²) < 4.78 is 73.5. The molecule has 0 radical (unpaired) electrons. The fourth-order valence-corrected chi connectivity index (χ4v) is 4.00. The Labute approximate surface area is 182 Å². The van der Waals surface area contributed by atoms with Crippen LogP contribution in [-0.4, -0.2) is 31.2 Å². The molecule has 7 nitrogen and oxygen atoms in total. The van der Waals surface area contributed by atoms with E-state index in [9.17, 15) is 26.4 Å². The van der Waals surface area contributed by atoms with E-state index in [2.05, 4.69) is 5.10 Å². The second-order valence-corrected chi connectivity index (χ2v) is 8.47. The van der Waals surface area contributed by atoms with Crippen molar-refractivity contribution in [3.63, 3.8) is 0 Å². The second-order valence-electron chi connectivity index (χ2n) is 6.79. The van der Waals surface area contributed by atoms with Gasteiger partial charge in [0.1, 0.15) is 5.69 Å². The molecule has 11 heteroatoms. The number of carbonyl (C=O) groups excluding carboxylic acids is 1. The number of benzene rings is 2. The Morgan fingerprint density at radius 1 is 1.16 bits per heavy atom. The molecule has 0 unspecified atom stereocenters. The Morgan fingerprint density at radius 3 is 2.41 bits per heavy atom. The topological polar surface area (TPSA) is 90.3 Å². The monoisotopic (exact) mass is 467 g/mol. The quantitative estimate of drug-likeness (QED) is 0.536. The molecule has 2 aromatic carbocycles. The van der Waals surface area contributed by atoms with E-state index >= 15 is 0 Å². The van der Waals surface area contributed by atoms with E-state index in [0.29, 0.717) is 6.42 Å². The number of hydrogen-bond acceptors (Lipinski definition) is 5. The zero-order valence-corrected chi connectivity index (χ0v) is 18.0. The first-order valence-electron chi connectivity index (χ1n) is 9.54. The molecule has 1 N–H and O–H groups in total. The Morgan fingerprint density at radius 2 is 1.84 bits per heavy atom. The van der Waals surface area contributed by atoms with Crippen LogP contribution < -0.4 is 9.46 Å². The molecule has 0 saturated heterocycles. The number of methoxy groups -OCH3 is 1. The fraction of sp³-hybridized carbons (Fsp3) is 0.238. The van der Waals surface area contributed by atoms with Crippen molar-refractivity contribution in [2.45, 2.75) is 31.1 Å². The van der Waals surface area contributed by atoms with E-state index in [4.69, 9.17) is 4.74 Å². The number of aromatic nitrogens is 2. The summed E-state index contributed by atoms with van der Waals surface area (Å²) in [5, 5.41) is 3.89. The van der Waals surface area contributed by atoms with Crippen LogP contribution in [0.3, 0.4) is 0 Å². The van der Waals surface area contributed by atoms with Crippen LogP contribution in [0.1, 0.15) is 31.9 Å². The van der Waals surface area contributed by atoms with Gasteiger partial charge in [0.05, 0.1) is 23.4 Å². The van der Waals surface area contributed by atoms with Gasteiger partial charge in [-0.1, -0.05) is 6.92 Å². The third-order valence-corrected chi connectivity index (χ3v) is 5.91. The maximum atomic E-state index is 14.2. The molecule has 0 aliphatic carbocycles. The van der Waals surface area contributed by atoms with E-state index in [0.717, 1.165) is 16.8 Å². The summed E-state index contributed by atoms with van der Waals surface area (Å²) in [6.45, 7) is 1.74. The lowest BCUT2D eigenvalue weighted by Crippen LogP contribution is -2.30. The van der Waals surface area contributed by atoms with Gasteiger partial charge in [0.15, 0.2) is 11.6 Å². The van der Waals surface area contributed by atoms with Crippen LogP contribution in [0.2, 0.25) is 0 Å². The number of hydrogen-bond donors (Lipinski definition) is 1. The SMILES string of the molecule is CCCC(=O)NS(=O)(=O)c1ccc(-n2nc(C(F)F)cc2-c2ccc(OC)c(F)c2)cc1. The number of carbonyl (C=O) groups is 1. The van der Waals surface area contributed by atoms with Gasteiger partial charge >= 0.3 is 0 Å². The Balaban J connectivity index is 2.01. The van der Waals surface area contributed by atoms with Crippen molar-refractivity contribution in [1.29, 1.82) is 0 Å². The van der Waals surface area contributed by atoms with Gasteiger partial charge in [-0.2, -0.15) is 5.10 Å². The van der Waals surface area contributed by atoms with Crippen molar-refractivity contribution in [2.24, 2.45) is 0 Å². The summed E-state index contributed by atoms with van der Waals surface area (Å²) in [5.41, 5.74) is 0.182. The number of ether oxygens (including phenoxy) is 1. The molecule has 1 aromatic heterocycles. The summed E-state index contributed by atoms with van der Waals surface area (Å²) in [5.74, 6) is -1.32. The summed E-state index contributed by atoms with van der Waals surface area (Å²) in [6, 6.07) is 10.3. The number of nitrogens with zero attached hydrogens (tertiary/aromatic N) is 2. The van der Waals surface area contributed by atoms with Crippen molar-refractivity contribution in [2.75, 3.05) is 7.11 Å². The number of rotatable bonds is 8. The highest BCUT2D eigenvalue weighted by Gasteiger charge is 2.21. The summed E-state index contributed by atoms with van der Waals surface area (Å²) >= 11 is 0. The van der Waals surface area contributed by atoms with Crippen molar-refractivity contribution >= 4 is 15.9 Å². The zero-order valence-electron chi connectivity index (χ0n) is 17.2. The second kappa shape index (κ2) is 9.43. The van der Waals surface area contributed by atoms with Gasteiger partial charge in [-0.05, 0) is 55.0 Å². The van der Waals surface area contributed by atoms with Gasteiger partial charge in [0.25, 0.3) is 16.4 Å². The maximum absolute atomic E-state index is 14.2. The first kappa shape index (κ1) is 23.3. The molecule has 170 valence electrons. The van der Waals surface area contributed by atoms with Gasteiger partial charge in [0, 0.05) is 12.0 Å². The molecule has 0 spiro atoms. The van der Waals surface area contributed by atoms with Crippen LogP contribution in [0.4, 0.5) is 13.2 Å². The van der Waals surface area contributed by atoms with E-state index in [-0.39, 0.29) is 34.0 Å². The summed E-state index contributed by atoms with van der Waals surface area (Å²) in [6.07, 6.45) is -2.32. The maximum Gasteiger partial charge on any atom is 0.282 e. The summed E-state index contributed by atoms with van der Waals surface area (Å²) in [7, 11) is -2.77. The van der Waals surface area contributed by atoms with E-state index in [1.54, 1.807) is 6.92 Å². The van der Waals surface area contributed by atoms with Crippen LogP contribution in [-0.2, 0) is 14.8 Å². The molecule has 3 aromatic rings. The molecule has 0 aliphatic rings. The van der Waals surface area contributed by atoms with Crippen LogP contribution in [0.15, 0.2) is 53.4 Å². The highest BCUT2D eigenvalue weighted by atomic mass is 32.2. The molecule has 3 rings (SSSR count). The van der Waals surface area contributed by atoms with Gasteiger partial charge in [-0.3, -0.25) is 4.79 Å². The molecule has 1 heterocycles. The molecule has 0 bridgehead atoms. The molecular weight excluding hydrogens is 447 g/mol. The van der Waals surface area contributed by atoms with Crippen molar-refractivity contribution in [3.05, 3.63) is 60.0 Å². The lowest BCUT2D eigenvalue weighted by molar-refractivity contribution is -0.119. The van der Waals surface area contributed by atoms with Gasteiger partial charge in [0.2, 0.25) is 5.91 Å². The smallest absolute Gasteiger partial charge is 0.282 e. The van der Waals surface area contributed by atoms with Gasteiger partial charge in [-0.25, -0.2) is 31.0 Å². The lowest BCUT2D eigenvalue weighted by Gasteiger charge is -2.11. The minimum Gasteiger partial charge on any atom is -0.494 e. The molecule has 32 heavy (non-hydrogen) atoms. The number of nitrogens with one attached hydrogen (secondary N) is 1. The van der Waals surface area contributed by atoms with Crippen LogP contribution in [0.5, 0.6) is 5.75 Å². The molecule has 0 fully saturated rings. The molecule has 0 atom stereocenters. The average molecular weight is 467 g/mol. The highest BCUT2D eigenvalue weighted by Crippen LogP contribution is 2.31. The molecular formula is C21H20F3N3O4S. The fourth-order valence-electron chi connectivity index (χ4n) is 2.99. The molecule has 0 saturated carbocycles. The minimum absolute atomic E-state index is 0.00595. The summed E-state index contributed by atoms with van der Waals surface area (Å²) in [4.78, 5) is 11.5. The largest absolute Gasteiger partial charge is 0.494 e. The molecule has 0 aliphatic heterocycles. The third kappa shape index (κ3) is 4.93. The predicted octanol–water partition coefficient (Wildman–Crippen LogP) is 4.23. The van der Waals surface area contributed by atoms with Gasteiger partial charge in [-0.15, -0.1) is 0 Å². The number of halogens is 3. The number of amides is 1. The normalized spacial score (nSPS) is 11.6. The first-order chi connectivity index (χ1) is 15.2. The highest BCUT2D eigenvalue weighted by molar-refractivity contribution is 7.90. The Hall–Kier alpha value is -3.34. The van der Waals surface area contributed by atoms with E-state index in [1.807, 2.05) is 4.72 Å². The van der Waals surface area contributed by atoms with Crippen molar-refractivity contribution in [3.8, 4) is 22.7 Å². The van der Waals surface area contributed by atoms with Crippen molar-refractivity contribution in [1.82, 2.24) is 14.5 Å². The van der Waals surface area contributed by atoms with Crippen LogP contribution >= 0.6 is 0 Å². The third-order valence-electron chi connectivity index (χ3n) is 4.52. The predicted molar refractivity (Wildman–Crippen MR) is 111 cm³/mol.